The van der Waals surface area contributed by atoms with Crippen LogP contribution in [0.4, 0.5) is 5.69 Å². The lowest BCUT2D eigenvalue weighted by molar-refractivity contribution is -0.119. The van der Waals surface area contributed by atoms with Crippen LogP contribution in [0.2, 0.25) is 5.02 Å². The molecule has 2 N–H and O–H groups in total. The maximum Gasteiger partial charge on any atom is 0.374 e. The van der Waals surface area contributed by atoms with E-state index in [0.717, 1.165) is 0 Å². The Morgan fingerprint density at radius 2 is 1.72 bits per heavy atom. The number of halogens is 1. The number of ether oxygens (including phenoxy) is 1. The van der Waals surface area contributed by atoms with Crippen LogP contribution >= 0.6 is 11.6 Å². The van der Waals surface area contributed by atoms with Crippen molar-refractivity contribution in [1.29, 1.82) is 0 Å². The van der Waals surface area contributed by atoms with Crippen molar-refractivity contribution < 1.29 is 23.5 Å². The fourth-order valence-corrected chi connectivity index (χ4v) is 2.73. The molecule has 8 heteroatoms. The van der Waals surface area contributed by atoms with Crippen LogP contribution < -0.4 is 10.6 Å². The lowest BCUT2D eigenvalue weighted by Gasteiger charge is -2.07. The van der Waals surface area contributed by atoms with Crippen LogP contribution in [-0.2, 0) is 9.53 Å². The first kappa shape index (κ1) is 20.2. The van der Waals surface area contributed by atoms with Crippen LogP contribution in [0.25, 0.3) is 11.3 Å². The zero-order chi connectivity index (χ0) is 20.8. The molecule has 0 aliphatic heterocycles. The number of hydrogen-bond acceptors (Lipinski definition) is 5. The van der Waals surface area contributed by atoms with Gasteiger partial charge in [0, 0.05) is 23.9 Å². The Labute approximate surface area is 171 Å². The van der Waals surface area contributed by atoms with E-state index in [9.17, 15) is 14.4 Å². The molecular weight excluding hydrogens is 396 g/mol. The van der Waals surface area contributed by atoms with Gasteiger partial charge in [-0.05, 0) is 48.5 Å². The molecule has 0 radical (unpaired) electrons. The van der Waals surface area contributed by atoms with Crippen LogP contribution in [0.3, 0.4) is 0 Å². The number of carbonyl (C=O) groups is 3. The van der Waals surface area contributed by atoms with Crippen molar-refractivity contribution in [2.75, 3.05) is 19.0 Å². The van der Waals surface area contributed by atoms with E-state index < -0.39 is 18.5 Å². The summed E-state index contributed by atoms with van der Waals surface area (Å²) in [6.45, 7) is -0.488. The monoisotopic (exact) mass is 412 g/mol. The van der Waals surface area contributed by atoms with Crippen molar-refractivity contribution in [3.05, 3.63) is 77.0 Å². The number of nitrogens with one attached hydrogen (secondary N) is 2. The van der Waals surface area contributed by atoms with Crippen molar-refractivity contribution >= 4 is 35.1 Å². The molecule has 0 aliphatic carbocycles. The van der Waals surface area contributed by atoms with Gasteiger partial charge in [-0.3, -0.25) is 9.59 Å². The van der Waals surface area contributed by atoms with Crippen LogP contribution in [0.1, 0.15) is 20.9 Å². The molecule has 3 aromatic rings. The molecule has 1 aromatic heterocycles. The predicted octanol–water partition coefficient (Wildman–Crippen LogP) is 3.76. The summed E-state index contributed by atoms with van der Waals surface area (Å²) in [5.74, 6) is -1.14. The Kier molecular flexibility index (Phi) is 6.31. The SMILES string of the molecule is CNC(=O)c1ccc(NC(=O)COC(=O)c2ccc(-c3ccccc3Cl)o2)cc1. The molecular formula is C21H17ClN2O5. The Morgan fingerprint density at radius 1 is 1.00 bits per heavy atom. The van der Waals surface area contributed by atoms with Gasteiger partial charge in [-0.15, -0.1) is 0 Å². The summed E-state index contributed by atoms with van der Waals surface area (Å²) >= 11 is 6.11. The van der Waals surface area contributed by atoms with E-state index in [4.69, 9.17) is 20.8 Å². The molecule has 148 valence electrons. The van der Waals surface area contributed by atoms with Crippen LogP contribution in [0.15, 0.2) is 65.1 Å². The number of hydrogen-bond donors (Lipinski definition) is 2. The minimum Gasteiger partial charge on any atom is -0.450 e. The fourth-order valence-electron chi connectivity index (χ4n) is 2.50. The maximum atomic E-state index is 12.1. The summed E-state index contributed by atoms with van der Waals surface area (Å²) in [5.41, 5.74) is 1.58. The average Bonchev–Trinajstić information content (AvgIpc) is 3.22. The highest BCUT2D eigenvalue weighted by Crippen LogP contribution is 2.29. The van der Waals surface area contributed by atoms with E-state index in [-0.39, 0.29) is 11.7 Å². The second kappa shape index (κ2) is 9.07. The average molecular weight is 413 g/mol. The molecule has 0 spiro atoms. The van der Waals surface area contributed by atoms with Crippen molar-refractivity contribution in [2.24, 2.45) is 0 Å². The van der Waals surface area contributed by atoms with Gasteiger partial charge < -0.3 is 19.8 Å². The first-order valence-corrected chi connectivity index (χ1v) is 8.99. The van der Waals surface area contributed by atoms with Gasteiger partial charge in [-0.1, -0.05) is 23.7 Å². The van der Waals surface area contributed by atoms with Crippen molar-refractivity contribution in [1.82, 2.24) is 5.32 Å². The molecule has 2 amide bonds. The van der Waals surface area contributed by atoms with E-state index in [1.165, 1.54) is 13.1 Å². The van der Waals surface area contributed by atoms with Crippen LogP contribution in [0, 0.1) is 0 Å². The van der Waals surface area contributed by atoms with Crippen LogP contribution in [0.5, 0.6) is 0 Å². The Hall–Kier alpha value is -3.58. The summed E-state index contributed by atoms with van der Waals surface area (Å²) < 4.78 is 10.5. The molecule has 0 bridgehead atoms. The zero-order valence-electron chi connectivity index (χ0n) is 15.4. The number of carbonyl (C=O) groups excluding carboxylic acids is 3. The Balaban J connectivity index is 1.55. The minimum absolute atomic E-state index is 0.0392. The highest BCUT2D eigenvalue weighted by molar-refractivity contribution is 6.33. The molecule has 0 atom stereocenters. The molecule has 0 fully saturated rings. The van der Waals surface area contributed by atoms with Gasteiger partial charge in [0.2, 0.25) is 5.76 Å². The van der Waals surface area contributed by atoms with E-state index in [2.05, 4.69) is 10.6 Å². The summed E-state index contributed by atoms with van der Waals surface area (Å²) in [6, 6.07) is 16.4. The highest BCUT2D eigenvalue weighted by Gasteiger charge is 2.16. The van der Waals surface area contributed by atoms with Gasteiger partial charge >= 0.3 is 5.97 Å². The highest BCUT2D eigenvalue weighted by atomic mass is 35.5. The normalized spacial score (nSPS) is 10.3. The van der Waals surface area contributed by atoms with Gasteiger partial charge in [0.25, 0.3) is 11.8 Å². The number of esters is 1. The van der Waals surface area contributed by atoms with Gasteiger partial charge in [-0.2, -0.15) is 0 Å². The second-order valence-corrected chi connectivity index (χ2v) is 6.33. The van der Waals surface area contributed by atoms with Gasteiger partial charge in [0.15, 0.2) is 6.61 Å². The molecule has 0 saturated carbocycles. The van der Waals surface area contributed by atoms with Gasteiger partial charge in [-0.25, -0.2) is 4.79 Å². The number of amides is 2. The summed E-state index contributed by atoms with van der Waals surface area (Å²) in [5, 5.41) is 5.57. The first-order chi connectivity index (χ1) is 14.0. The third-order valence-electron chi connectivity index (χ3n) is 3.94. The van der Waals surface area contributed by atoms with Crippen molar-refractivity contribution in [3.8, 4) is 11.3 Å². The van der Waals surface area contributed by atoms with E-state index in [1.54, 1.807) is 54.6 Å². The molecule has 29 heavy (non-hydrogen) atoms. The van der Waals surface area contributed by atoms with E-state index in [0.29, 0.717) is 27.6 Å². The van der Waals surface area contributed by atoms with E-state index in [1.807, 2.05) is 0 Å². The summed E-state index contributed by atoms with van der Waals surface area (Å²) in [7, 11) is 1.53. The van der Waals surface area contributed by atoms with Crippen molar-refractivity contribution in [3.63, 3.8) is 0 Å². The maximum absolute atomic E-state index is 12.1. The molecule has 7 nitrogen and oxygen atoms in total. The number of furan rings is 1. The Morgan fingerprint density at radius 3 is 2.41 bits per heavy atom. The summed E-state index contributed by atoms with van der Waals surface area (Å²) in [4.78, 5) is 35.6. The van der Waals surface area contributed by atoms with Gasteiger partial charge in [0.1, 0.15) is 5.76 Å². The molecule has 0 unspecified atom stereocenters. The van der Waals surface area contributed by atoms with Crippen molar-refractivity contribution in [2.45, 2.75) is 0 Å². The number of benzene rings is 2. The Bertz CT molecular complexity index is 1040. The standard InChI is InChI=1S/C21H17ClN2O5/c1-23-20(26)13-6-8-14(9-7-13)24-19(25)12-28-21(27)18-11-10-17(29-18)15-4-2-3-5-16(15)22/h2-11H,12H2,1H3,(H,23,26)(H,24,25). The molecule has 1 heterocycles. The van der Waals surface area contributed by atoms with E-state index >= 15 is 0 Å². The molecule has 3 rings (SSSR count). The third kappa shape index (κ3) is 5.03. The quantitative estimate of drug-likeness (QED) is 0.601. The first-order valence-electron chi connectivity index (χ1n) is 8.62. The van der Waals surface area contributed by atoms with Gasteiger partial charge in [0.05, 0.1) is 5.02 Å². The zero-order valence-corrected chi connectivity index (χ0v) is 16.2. The number of anilines is 1. The smallest absolute Gasteiger partial charge is 0.374 e. The fraction of sp³-hybridized carbons (Fsp3) is 0.0952. The predicted molar refractivity (Wildman–Crippen MR) is 108 cm³/mol. The molecule has 0 saturated heterocycles. The topological polar surface area (TPSA) is 97.6 Å². The molecule has 2 aromatic carbocycles. The van der Waals surface area contributed by atoms with Crippen LogP contribution in [-0.4, -0.2) is 31.4 Å². The lowest BCUT2D eigenvalue weighted by Crippen LogP contribution is -2.21. The minimum atomic E-state index is -0.770. The number of rotatable bonds is 6. The largest absolute Gasteiger partial charge is 0.450 e. The molecule has 0 aliphatic rings. The second-order valence-electron chi connectivity index (χ2n) is 5.92. The third-order valence-corrected chi connectivity index (χ3v) is 4.27. The lowest BCUT2D eigenvalue weighted by atomic mass is 10.2. The summed E-state index contributed by atoms with van der Waals surface area (Å²) in [6.07, 6.45) is 0.